The number of benzene rings is 1. The Labute approximate surface area is 143 Å². The van der Waals surface area contributed by atoms with E-state index in [0.717, 1.165) is 22.6 Å². The fraction of sp³-hybridized carbons (Fsp3) is 0.556. The Bertz CT molecular complexity index is 714. The Kier molecular flexibility index (Phi) is 5.23. The molecule has 1 aliphatic rings. The number of methoxy groups -OCH3 is 1. The van der Waals surface area contributed by atoms with Crippen LogP contribution in [0.1, 0.15) is 44.3 Å². The molecule has 0 atom stereocenters. The molecule has 1 aromatic heterocycles. The molecule has 1 aliphatic carbocycles. The van der Waals surface area contributed by atoms with Crippen LogP contribution in [0.25, 0.3) is 11.0 Å². The molecule has 1 saturated carbocycles. The van der Waals surface area contributed by atoms with Crippen LogP contribution in [0.15, 0.2) is 23.2 Å². The van der Waals surface area contributed by atoms with Crippen LogP contribution in [0.4, 0.5) is 0 Å². The molecule has 3 N–H and O–H groups in total. The number of nitrogens with two attached hydrogens (primary N) is 1. The van der Waals surface area contributed by atoms with E-state index in [1.165, 1.54) is 38.5 Å². The van der Waals surface area contributed by atoms with Gasteiger partial charge in [-0.25, -0.2) is 9.98 Å². The van der Waals surface area contributed by atoms with E-state index in [0.29, 0.717) is 18.5 Å². The number of nitrogens with zero attached hydrogens (tertiary/aromatic N) is 3. The summed E-state index contributed by atoms with van der Waals surface area (Å²) in [6.45, 7) is 0.471. The molecule has 0 aliphatic heterocycles. The fourth-order valence-corrected chi connectivity index (χ4v) is 3.33. The van der Waals surface area contributed by atoms with Crippen molar-refractivity contribution in [1.29, 1.82) is 0 Å². The highest BCUT2D eigenvalue weighted by atomic mass is 16.5. The molecule has 0 saturated heterocycles. The second-order valence-corrected chi connectivity index (χ2v) is 6.48. The SMILES string of the molecule is COc1ccc2c(c1)nc(CN=C(N)NC1CCCCCC1)n2C. The minimum atomic E-state index is 0.459. The number of guanidine groups is 1. The van der Waals surface area contributed by atoms with Gasteiger partial charge in [0, 0.05) is 19.2 Å². The normalized spacial score (nSPS) is 17.0. The monoisotopic (exact) mass is 329 g/mol. The zero-order valence-electron chi connectivity index (χ0n) is 14.6. The number of hydrogen-bond acceptors (Lipinski definition) is 3. The van der Waals surface area contributed by atoms with Gasteiger partial charge in [-0.3, -0.25) is 0 Å². The van der Waals surface area contributed by atoms with Gasteiger partial charge >= 0.3 is 0 Å². The Morgan fingerprint density at radius 1 is 1.33 bits per heavy atom. The molecule has 1 aromatic carbocycles. The number of imidazole rings is 1. The van der Waals surface area contributed by atoms with E-state index < -0.39 is 0 Å². The van der Waals surface area contributed by atoms with Gasteiger partial charge in [0.25, 0.3) is 0 Å². The van der Waals surface area contributed by atoms with Crippen LogP contribution in [0.5, 0.6) is 5.75 Å². The number of aromatic nitrogens is 2. The highest BCUT2D eigenvalue weighted by Crippen LogP contribution is 2.21. The zero-order valence-corrected chi connectivity index (χ0v) is 14.6. The highest BCUT2D eigenvalue weighted by molar-refractivity contribution is 5.79. The number of aryl methyl sites for hydroxylation is 1. The number of aliphatic imine (C=N–C) groups is 1. The average Bonchev–Trinajstić information content (AvgIpc) is 2.76. The maximum Gasteiger partial charge on any atom is 0.189 e. The summed E-state index contributed by atoms with van der Waals surface area (Å²) in [5.74, 6) is 2.22. The van der Waals surface area contributed by atoms with Crippen molar-refractivity contribution < 1.29 is 4.74 Å². The van der Waals surface area contributed by atoms with Crippen molar-refractivity contribution in [2.45, 2.75) is 51.1 Å². The lowest BCUT2D eigenvalue weighted by Crippen LogP contribution is -2.39. The van der Waals surface area contributed by atoms with Crippen molar-refractivity contribution in [1.82, 2.24) is 14.9 Å². The van der Waals surface area contributed by atoms with Crippen LogP contribution < -0.4 is 15.8 Å². The van der Waals surface area contributed by atoms with Crippen LogP contribution in [0.2, 0.25) is 0 Å². The molecule has 6 heteroatoms. The van der Waals surface area contributed by atoms with Gasteiger partial charge in [0.1, 0.15) is 18.1 Å². The van der Waals surface area contributed by atoms with E-state index in [1.807, 2.05) is 25.2 Å². The molecule has 1 fully saturated rings. The van der Waals surface area contributed by atoms with E-state index in [1.54, 1.807) is 7.11 Å². The van der Waals surface area contributed by atoms with Crippen molar-refractivity contribution >= 4 is 17.0 Å². The first-order chi connectivity index (χ1) is 11.7. The molecule has 130 valence electrons. The Balaban J connectivity index is 1.68. The van der Waals surface area contributed by atoms with Gasteiger partial charge in [-0.05, 0) is 25.0 Å². The van der Waals surface area contributed by atoms with Crippen LogP contribution in [0.3, 0.4) is 0 Å². The molecular formula is C18H27N5O. The quantitative estimate of drug-likeness (QED) is 0.514. The van der Waals surface area contributed by atoms with Crippen molar-refractivity contribution in [3.8, 4) is 5.75 Å². The van der Waals surface area contributed by atoms with E-state index in [4.69, 9.17) is 10.5 Å². The van der Waals surface area contributed by atoms with E-state index in [2.05, 4.69) is 19.9 Å². The van der Waals surface area contributed by atoms with Gasteiger partial charge in [0.2, 0.25) is 0 Å². The number of hydrogen-bond donors (Lipinski definition) is 2. The van der Waals surface area contributed by atoms with Gasteiger partial charge in [0.15, 0.2) is 5.96 Å². The predicted molar refractivity (Wildman–Crippen MR) is 97.2 cm³/mol. The van der Waals surface area contributed by atoms with E-state index in [9.17, 15) is 0 Å². The third kappa shape index (κ3) is 3.80. The molecule has 0 radical (unpaired) electrons. The first kappa shape index (κ1) is 16.6. The Hall–Kier alpha value is -2.24. The molecular weight excluding hydrogens is 302 g/mol. The van der Waals surface area contributed by atoms with Crippen molar-refractivity contribution in [2.24, 2.45) is 17.8 Å². The lowest BCUT2D eigenvalue weighted by Gasteiger charge is -2.16. The van der Waals surface area contributed by atoms with Gasteiger partial charge in [-0.1, -0.05) is 25.7 Å². The van der Waals surface area contributed by atoms with Gasteiger partial charge < -0.3 is 20.4 Å². The predicted octanol–water partition coefficient (Wildman–Crippen LogP) is 2.71. The summed E-state index contributed by atoms with van der Waals surface area (Å²) < 4.78 is 7.31. The van der Waals surface area contributed by atoms with Gasteiger partial charge in [-0.15, -0.1) is 0 Å². The summed E-state index contributed by atoms with van der Waals surface area (Å²) >= 11 is 0. The number of nitrogens with one attached hydrogen (secondary N) is 1. The summed E-state index contributed by atoms with van der Waals surface area (Å²) in [4.78, 5) is 9.13. The van der Waals surface area contributed by atoms with Crippen molar-refractivity contribution in [3.63, 3.8) is 0 Å². The topological polar surface area (TPSA) is 77.5 Å². The summed E-state index contributed by atoms with van der Waals surface area (Å²) in [6, 6.07) is 6.36. The lowest BCUT2D eigenvalue weighted by atomic mass is 10.1. The molecule has 0 bridgehead atoms. The van der Waals surface area contributed by atoms with Crippen molar-refractivity contribution in [3.05, 3.63) is 24.0 Å². The summed E-state index contributed by atoms with van der Waals surface area (Å²) in [5.41, 5.74) is 8.06. The van der Waals surface area contributed by atoms with Crippen LogP contribution >= 0.6 is 0 Å². The Morgan fingerprint density at radius 3 is 2.79 bits per heavy atom. The highest BCUT2D eigenvalue weighted by Gasteiger charge is 2.13. The van der Waals surface area contributed by atoms with Crippen LogP contribution in [-0.2, 0) is 13.6 Å². The fourth-order valence-electron chi connectivity index (χ4n) is 3.33. The summed E-state index contributed by atoms with van der Waals surface area (Å²) in [5, 5.41) is 3.37. The van der Waals surface area contributed by atoms with E-state index in [-0.39, 0.29) is 0 Å². The average molecular weight is 329 g/mol. The molecule has 0 unspecified atom stereocenters. The minimum absolute atomic E-state index is 0.459. The van der Waals surface area contributed by atoms with Crippen LogP contribution in [-0.4, -0.2) is 28.7 Å². The first-order valence-corrected chi connectivity index (χ1v) is 8.73. The molecule has 1 heterocycles. The summed E-state index contributed by atoms with van der Waals surface area (Å²) in [6.07, 6.45) is 7.58. The third-order valence-electron chi connectivity index (χ3n) is 4.78. The third-order valence-corrected chi connectivity index (χ3v) is 4.78. The minimum Gasteiger partial charge on any atom is -0.497 e. The molecule has 0 amide bonds. The van der Waals surface area contributed by atoms with E-state index >= 15 is 0 Å². The number of rotatable bonds is 4. The Morgan fingerprint density at radius 2 is 2.08 bits per heavy atom. The smallest absolute Gasteiger partial charge is 0.189 e. The zero-order chi connectivity index (χ0) is 16.9. The molecule has 24 heavy (non-hydrogen) atoms. The first-order valence-electron chi connectivity index (χ1n) is 8.73. The standard InChI is InChI=1S/C18H27N5O/c1-23-16-10-9-14(24-2)11-15(16)22-17(23)12-20-18(19)21-13-7-5-3-4-6-8-13/h9-11,13H,3-8,12H2,1-2H3,(H3,19,20,21). The second kappa shape index (κ2) is 7.55. The second-order valence-electron chi connectivity index (χ2n) is 6.48. The van der Waals surface area contributed by atoms with Gasteiger partial charge in [0.05, 0.1) is 18.1 Å². The number of ether oxygens (including phenoxy) is 1. The largest absolute Gasteiger partial charge is 0.497 e. The molecule has 6 nitrogen and oxygen atoms in total. The molecule has 3 rings (SSSR count). The summed E-state index contributed by atoms with van der Waals surface area (Å²) in [7, 11) is 3.66. The van der Waals surface area contributed by atoms with Crippen LogP contribution in [0, 0.1) is 0 Å². The lowest BCUT2D eigenvalue weighted by molar-refractivity contribution is 0.415. The maximum absolute atomic E-state index is 6.08. The molecule has 0 spiro atoms. The van der Waals surface area contributed by atoms with Gasteiger partial charge in [-0.2, -0.15) is 0 Å². The van der Waals surface area contributed by atoms with Crippen molar-refractivity contribution in [2.75, 3.05) is 7.11 Å². The number of fused-ring (bicyclic) bond motifs is 1. The molecule has 2 aromatic rings. The maximum atomic E-state index is 6.08.